The summed E-state index contributed by atoms with van der Waals surface area (Å²) in [5.41, 5.74) is 0. The Kier molecular flexibility index (Phi) is 3.64. The van der Waals surface area contributed by atoms with Gasteiger partial charge in [0.15, 0.2) is 0 Å². The SMILES string of the molecule is Clc1cnc(N(CC2CCCN2)C2CC2)c(Cl)c1. The Labute approximate surface area is 117 Å². The molecule has 3 nitrogen and oxygen atoms in total. The minimum absolute atomic E-state index is 0.569. The van der Waals surface area contributed by atoms with Gasteiger partial charge in [-0.2, -0.15) is 0 Å². The fourth-order valence-electron chi connectivity index (χ4n) is 2.56. The monoisotopic (exact) mass is 285 g/mol. The molecule has 1 unspecified atom stereocenters. The maximum atomic E-state index is 6.27. The summed E-state index contributed by atoms with van der Waals surface area (Å²) in [5, 5.41) is 4.79. The van der Waals surface area contributed by atoms with Gasteiger partial charge in [-0.1, -0.05) is 23.2 Å². The zero-order chi connectivity index (χ0) is 12.5. The van der Waals surface area contributed by atoms with Crippen LogP contribution in [0.5, 0.6) is 0 Å². The molecule has 1 aromatic heterocycles. The van der Waals surface area contributed by atoms with Gasteiger partial charge in [0.2, 0.25) is 0 Å². The largest absolute Gasteiger partial charge is 0.351 e. The molecule has 1 N–H and O–H groups in total. The average Bonchev–Trinajstić information content (AvgIpc) is 3.05. The van der Waals surface area contributed by atoms with Gasteiger partial charge in [-0.15, -0.1) is 0 Å². The number of anilines is 1. The van der Waals surface area contributed by atoms with E-state index >= 15 is 0 Å². The fourth-order valence-corrected chi connectivity index (χ4v) is 3.05. The molecule has 0 aromatic carbocycles. The maximum Gasteiger partial charge on any atom is 0.147 e. The summed E-state index contributed by atoms with van der Waals surface area (Å²) in [6, 6.07) is 2.96. The quantitative estimate of drug-likeness (QED) is 0.921. The highest BCUT2D eigenvalue weighted by Crippen LogP contribution is 2.35. The third-order valence-electron chi connectivity index (χ3n) is 3.63. The molecule has 1 saturated carbocycles. The van der Waals surface area contributed by atoms with Gasteiger partial charge in [-0.05, 0) is 38.3 Å². The number of nitrogens with one attached hydrogen (secondary N) is 1. The molecule has 3 rings (SSSR count). The predicted molar refractivity (Wildman–Crippen MR) is 75.6 cm³/mol. The van der Waals surface area contributed by atoms with Crippen molar-refractivity contribution in [3.8, 4) is 0 Å². The van der Waals surface area contributed by atoms with E-state index in [9.17, 15) is 0 Å². The molecule has 0 radical (unpaired) electrons. The van der Waals surface area contributed by atoms with Crippen LogP contribution >= 0.6 is 23.2 Å². The lowest BCUT2D eigenvalue weighted by atomic mass is 10.2. The smallest absolute Gasteiger partial charge is 0.147 e. The molecule has 18 heavy (non-hydrogen) atoms. The van der Waals surface area contributed by atoms with E-state index in [0.717, 1.165) is 18.9 Å². The third-order valence-corrected chi connectivity index (χ3v) is 4.11. The molecule has 98 valence electrons. The lowest BCUT2D eigenvalue weighted by Gasteiger charge is -2.27. The minimum atomic E-state index is 0.569. The standard InChI is InChI=1S/C13H17Cl2N3/c14-9-6-12(15)13(17-7-9)18(11-3-4-11)8-10-2-1-5-16-10/h6-7,10-11,16H,1-5,8H2. The highest BCUT2D eigenvalue weighted by atomic mass is 35.5. The van der Waals surface area contributed by atoms with Crippen molar-refractivity contribution in [3.63, 3.8) is 0 Å². The number of hydrogen-bond donors (Lipinski definition) is 1. The number of nitrogens with zero attached hydrogens (tertiary/aromatic N) is 2. The van der Waals surface area contributed by atoms with Crippen LogP contribution in [0.25, 0.3) is 0 Å². The summed E-state index contributed by atoms with van der Waals surface area (Å²) in [6.45, 7) is 2.13. The van der Waals surface area contributed by atoms with Gasteiger partial charge in [0.1, 0.15) is 5.82 Å². The van der Waals surface area contributed by atoms with Gasteiger partial charge in [-0.25, -0.2) is 4.98 Å². The second-order valence-electron chi connectivity index (χ2n) is 5.14. The predicted octanol–water partition coefficient (Wildman–Crippen LogP) is 3.11. The Morgan fingerprint density at radius 2 is 2.17 bits per heavy atom. The number of hydrogen-bond acceptors (Lipinski definition) is 3. The zero-order valence-corrected chi connectivity index (χ0v) is 11.7. The van der Waals surface area contributed by atoms with Crippen LogP contribution in [0.3, 0.4) is 0 Å². The summed E-state index contributed by atoms with van der Waals surface area (Å²) in [4.78, 5) is 6.76. The van der Waals surface area contributed by atoms with Crippen molar-refractivity contribution in [2.24, 2.45) is 0 Å². The lowest BCUT2D eigenvalue weighted by Crippen LogP contribution is -2.39. The van der Waals surface area contributed by atoms with Gasteiger partial charge in [-0.3, -0.25) is 0 Å². The maximum absolute atomic E-state index is 6.27. The van der Waals surface area contributed by atoms with E-state index in [4.69, 9.17) is 23.2 Å². The van der Waals surface area contributed by atoms with Gasteiger partial charge in [0, 0.05) is 24.8 Å². The molecule has 5 heteroatoms. The Morgan fingerprint density at radius 3 is 2.78 bits per heavy atom. The van der Waals surface area contributed by atoms with E-state index in [0.29, 0.717) is 22.1 Å². The first-order valence-corrected chi connectivity index (χ1v) is 7.30. The van der Waals surface area contributed by atoms with Gasteiger partial charge < -0.3 is 10.2 Å². The first-order valence-electron chi connectivity index (χ1n) is 6.55. The number of aromatic nitrogens is 1. The number of rotatable bonds is 4. The van der Waals surface area contributed by atoms with Crippen LogP contribution in [0.2, 0.25) is 10.0 Å². The average molecular weight is 286 g/mol. The molecule has 1 atom stereocenters. The fraction of sp³-hybridized carbons (Fsp3) is 0.615. The lowest BCUT2D eigenvalue weighted by molar-refractivity contribution is 0.575. The first kappa shape index (κ1) is 12.5. The van der Waals surface area contributed by atoms with Gasteiger partial charge in [0.25, 0.3) is 0 Å². The van der Waals surface area contributed by atoms with E-state index in [1.807, 2.05) is 0 Å². The van der Waals surface area contributed by atoms with Gasteiger partial charge in [0.05, 0.1) is 10.0 Å². The Hall–Kier alpha value is -0.510. The second kappa shape index (κ2) is 5.24. The van der Waals surface area contributed by atoms with Crippen molar-refractivity contribution in [1.82, 2.24) is 10.3 Å². The number of halogens is 2. The summed E-state index contributed by atoms with van der Waals surface area (Å²) < 4.78 is 0. The van der Waals surface area contributed by atoms with Crippen LogP contribution in [0.4, 0.5) is 5.82 Å². The molecular weight excluding hydrogens is 269 g/mol. The highest BCUT2D eigenvalue weighted by molar-refractivity contribution is 6.36. The summed E-state index contributed by atoms with van der Waals surface area (Å²) >= 11 is 12.2. The Balaban J connectivity index is 1.79. The molecule has 0 spiro atoms. The van der Waals surface area contributed by atoms with Gasteiger partial charge >= 0.3 is 0 Å². The third kappa shape index (κ3) is 2.73. The van der Waals surface area contributed by atoms with Crippen molar-refractivity contribution < 1.29 is 0 Å². The zero-order valence-electron chi connectivity index (χ0n) is 10.2. The van der Waals surface area contributed by atoms with E-state index in [-0.39, 0.29) is 0 Å². The van der Waals surface area contributed by atoms with Crippen molar-refractivity contribution in [3.05, 3.63) is 22.3 Å². The van der Waals surface area contributed by atoms with Crippen LogP contribution in [-0.4, -0.2) is 30.2 Å². The molecule has 1 aromatic rings. The molecule has 0 bridgehead atoms. The molecule has 2 heterocycles. The molecular formula is C13H17Cl2N3. The summed E-state index contributed by atoms with van der Waals surface area (Å²) in [7, 11) is 0. The van der Waals surface area contributed by atoms with Crippen molar-refractivity contribution in [1.29, 1.82) is 0 Å². The molecule has 1 aliphatic heterocycles. The molecule has 2 fully saturated rings. The Bertz CT molecular complexity index is 428. The number of pyridine rings is 1. The topological polar surface area (TPSA) is 28.2 Å². The van der Waals surface area contributed by atoms with E-state index in [1.165, 1.54) is 25.7 Å². The van der Waals surface area contributed by atoms with Crippen molar-refractivity contribution in [2.45, 2.75) is 37.8 Å². The normalized spacial score (nSPS) is 23.3. The first-order chi connectivity index (χ1) is 8.74. The van der Waals surface area contributed by atoms with E-state index in [1.54, 1.807) is 12.3 Å². The Morgan fingerprint density at radius 1 is 1.33 bits per heavy atom. The van der Waals surface area contributed by atoms with Crippen LogP contribution < -0.4 is 10.2 Å². The van der Waals surface area contributed by atoms with Crippen molar-refractivity contribution >= 4 is 29.0 Å². The summed E-state index contributed by atoms with van der Waals surface area (Å²) in [5.74, 6) is 0.886. The van der Waals surface area contributed by atoms with E-state index in [2.05, 4.69) is 15.2 Å². The molecule has 1 saturated heterocycles. The molecule has 2 aliphatic rings. The van der Waals surface area contributed by atoms with Crippen LogP contribution in [0, 0.1) is 0 Å². The van der Waals surface area contributed by atoms with Crippen LogP contribution in [0.15, 0.2) is 12.3 Å². The van der Waals surface area contributed by atoms with E-state index < -0.39 is 0 Å². The van der Waals surface area contributed by atoms with Crippen LogP contribution in [-0.2, 0) is 0 Å². The van der Waals surface area contributed by atoms with Crippen LogP contribution in [0.1, 0.15) is 25.7 Å². The second-order valence-corrected chi connectivity index (χ2v) is 5.98. The molecule has 0 amide bonds. The summed E-state index contributed by atoms with van der Waals surface area (Å²) in [6.07, 6.45) is 6.68. The molecule has 1 aliphatic carbocycles. The minimum Gasteiger partial charge on any atom is -0.351 e. The van der Waals surface area contributed by atoms with Crippen molar-refractivity contribution in [2.75, 3.05) is 18.0 Å². The highest BCUT2D eigenvalue weighted by Gasteiger charge is 2.33.